The molecule has 4 nitrogen and oxygen atoms in total. The molecule has 34 heavy (non-hydrogen) atoms. The predicted molar refractivity (Wildman–Crippen MR) is 125 cm³/mol. The van der Waals surface area contributed by atoms with Crippen molar-refractivity contribution in [2.24, 2.45) is 0 Å². The molecule has 0 bridgehead atoms. The van der Waals surface area contributed by atoms with Gasteiger partial charge in [-0.15, -0.1) is 11.8 Å². The molecule has 0 spiro atoms. The van der Waals surface area contributed by atoms with E-state index in [4.69, 9.17) is 0 Å². The SMILES string of the molecule is CCCCC(=O)Nc1ccc(SC(C(=O)Nc2c(F)c(F)cc(F)c2F)c2ccccc2)cc1. The third-order valence-corrected chi connectivity index (χ3v) is 6.12. The number of hydrogen-bond acceptors (Lipinski definition) is 3. The van der Waals surface area contributed by atoms with Gasteiger partial charge in [-0.25, -0.2) is 17.6 Å². The van der Waals surface area contributed by atoms with Gasteiger partial charge >= 0.3 is 0 Å². The van der Waals surface area contributed by atoms with E-state index in [9.17, 15) is 27.2 Å². The Labute approximate surface area is 198 Å². The van der Waals surface area contributed by atoms with Gasteiger partial charge < -0.3 is 10.6 Å². The molecule has 0 saturated heterocycles. The number of benzene rings is 3. The summed E-state index contributed by atoms with van der Waals surface area (Å²) in [5.41, 5.74) is -0.0839. The van der Waals surface area contributed by atoms with Crippen molar-refractivity contribution in [3.63, 3.8) is 0 Å². The average Bonchev–Trinajstić information content (AvgIpc) is 2.84. The summed E-state index contributed by atoms with van der Waals surface area (Å²) in [4.78, 5) is 25.5. The summed E-state index contributed by atoms with van der Waals surface area (Å²) in [5, 5.41) is 3.79. The van der Waals surface area contributed by atoms with E-state index in [2.05, 4.69) is 5.32 Å². The summed E-state index contributed by atoms with van der Waals surface area (Å²) in [6, 6.07) is 15.2. The van der Waals surface area contributed by atoms with E-state index in [1.165, 1.54) is 0 Å². The zero-order chi connectivity index (χ0) is 24.7. The monoisotopic (exact) mass is 490 g/mol. The second-order valence-corrected chi connectivity index (χ2v) is 8.60. The second kappa shape index (κ2) is 11.7. The molecule has 0 fully saturated rings. The van der Waals surface area contributed by atoms with Gasteiger partial charge in [0.25, 0.3) is 0 Å². The molecular weight excluding hydrogens is 468 g/mol. The number of halogens is 4. The predicted octanol–water partition coefficient (Wildman–Crippen LogP) is 6.84. The Bertz CT molecular complexity index is 1130. The van der Waals surface area contributed by atoms with Crippen LogP contribution in [0.25, 0.3) is 0 Å². The first-order valence-electron chi connectivity index (χ1n) is 10.6. The van der Waals surface area contributed by atoms with Gasteiger partial charge in [0.1, 0.15) is 10.9 Å². The smallest absolute Gasteiger partial charge is 0.242 e. The van der Waals surface area contributed by atoms with Gasteiger partial charge in [0.05, 0.1) is 0 Å². The molecule has 0 radical (unpaired) electrons. The van der Waals surface area contributed by atoms with Crippen molar-refractivity contribution >= 4 is 35.0 Å². The highest BCUT2D eigenvalue weighted by Gasteiger charge is 2.27. The topological polar surface area (TPSA) is 58.2 Å². The van der Waals surface area contributed by atoms with Crippen LogP contribution in [0.4, 0.5) is 28.9 Å². The van der Waals surface area contributed by atoms with Gasteiger partial charge in [-0.1, -0.05) is 43.7 Å². The maximum Gasteiger partial charge on any atom is 0.242 e. The Morgan fingerprint density at radius 1 is 0.882 bits per heavy atom. The summed E-state index contributed by atoms with van der Waals surface area (Å²) in [7, 11) is 0. The van der Waals surface area contributed by atoms with Crippen LogP contribution in [0.1, 0.15) is 37.0 Å². The van der Waals surface area contributed by atoms with Crippen LogP contribution in [0.2, 0.25) is 0 Å². The van der Waals surface area contributed by atoms with Crippen LogP contribution in [-0.4, -0.2) is 11.8 Å². The number of anilines is 2. The molecule has 178 valence electrons. The first-order chi connectivity index (χ1) is 16.3. The molecule has 2 amide bonds. The van der Waals surface area contributed by atoms with Gasteiger partial charge in [-0.05, 0) is 36.2 Å². The van der Waals surface area contributed by atoms with E-state index in [-0.39, 0.29) is 12.0 Å². The lowest BCUT2D eigenvalue weighted by Gasteiger charge is -2.18. The van der Waals surface area contributed by atoms with Crippen molar-refractivity contribution in [1.82, 2.24) is 0 Å². The van der Waals surface area contributed by atoms with Crippen LogP contribution in [0, 0.1) is 23.3 Å². The molecule has 1 atom stereocenters. The van der Waals surface area contributed by atoms with E-state index >= 15 is 0 Å². The van der Waals surface area contributed by atoms with Crippen LogP contribution in [0.15, 0.2) is 65.6 Å². The van der Waals surface area contributed by atoms with Crippen LogP contribution in [0.3, 0.4) is 0 Å². The van der Waals surface area contributed by atoms with Crippen molar-refractivity contribution in [2.75, 3.05) is 10.6 Å². The number of nitrogens with one attached hydrogen (secondary N) is 2. The number of thioether (sulfide) groups is 1. The molecule has 2 N–H and O–H groups in total. The van der Waals surface area contributed by atoms with Gasteiger partial charge in [0.15, 0.2) is 23.3 Å². The van der Waals surface area contributed by atoms with Gasteiger partial charge in [-0.2, -0.15) is 0 Å². The molecule has 0 aliphatic rings. The fraction of sp³-hybridized carbons (Fsp3) is 0.200. The number of unbranched alkanes of at least 4 members (excludes halogenated alkanes) is 1. The van der Waals surface area contributed by atoms with Crippen LogP contribution in [0.5, 0.6) is 0 Å². The van der Waals surface area contributed by atoms with E-state index < -0.39 is 40.1 Å². The second-order valence-electron chi connectivity index (χ2n) is 7.42. The Morgan fingerprint density at radius 3 is 2.09 bits per heavy atom. The summed E-state index contributed by atoms with van der Waals surface area (Å²) >= 11 is 1.07. The molecule has 0 aromatic heterocycles. The number of carbonyl (C=O) groups is 2. The van der Waals surface area contributed by atoms with Crippen molar-refractivity contribution in [3.05, 3.63) is 89.5 Å². The molecule has 0 aliphatic carbocycles. The normalized spacial score (nSPS) is 11.7. The highest BCUT2D eigenvalue weighted by atomic mass is 32.2. The lowest BCUT2D eigenvalue weighted by Crippen LogP contribution is -2.21. The molecule has 0 saturated carbocycles. The van der Waals surface area contributed by atoms with Crippen LogP contribution >= 0.6 is 11.8 Å². The number of carbonyl (C=O) groups excluding carboxylic acids is 2. The minimum absolute atomic E-state index is 0.0757. The molecule has 3 rings (SSSR count). The molecular formula is C25H22F4N2O2S. The van der Waals surface area contributed by atoms with Gasteiger partial charge in [0.2, 0.25) is 11.8 Å². The summed E-state index contributed by atoms with van der Waals surface area (Å²) in [5.74, 6) is -7.57. The van der Waals surface area contributed by atoms with Crippen molar-refractivity contribution in [3.8, 4) is 0 Å². The van der Waals surface area contributed by atoms with Crippen molar-refractivity contribution in [1.29, 1.82) is 0 Å². The van der Waals surface area contributed by atoms with E-state index in [0.29, 0.717) is 22.6 Å². The molecule has 0 heterocycles. The molecule has 1 unspecified atom stereocenters. The molecule has 9 heteroatoms. The maximum absolute atomic E-state index is 14.1. The minimum Gasteiger partial charge on any atom is -0.326 e. The zero-order valence-corrected chi connectivity index (χ0v) is 19.0. The number of amides is 2. The third kappa shape index (κ3) is 6.38. The van der Waals surface area contributed by atoms with Gasteiger partial charge in [-0.3, -0.25) is 9.59 Å². The highest BCUT2D eigenvalue weighted by Crippen LogP contribution is 2.37. The minimum atomic E-state index is -1.69. The average molecular weight is 491 g/mol. The number of rotatable bonds is 9. The first-order valence-corrected chi connectivity index (χ1v) is 11.4. The summed E-state index contributed by atoms with van der Waals surface area (Å²) in [6.45, 7) is 1.99. The fourth-order valence-corrected chi connectivity index (χ4v) is 4.11. The highest BCUT2D eigenvalue weighted by molar-refractivity contribution is 8.00. The molecule has 0 aliphatic heterocycles. The van der Waals surface area contributed by atoms with E-state index in [1.807, 2.05) is 12.2 Å². The van der Waals surface area contributed by atoms with Crippen molar-refractivity contribution in [2.45, 2.75) is 36.3 Å². The van der Waals surface area contributed by atoms with E-state index in [0.717, 1.165) is 24.6 Å². The summed E-state index contributed by atoms with van der Waals surface area (Å²) < 4.78 is 55.3. The Balaban J connectivity index is 1.82. The first kappa shape index (κ1) is 25.3. The van der Waals surface area contributed by atoms with E-state index in [1.54, 1.807) is 54.6 Å². The lowest BCUT2D eigenvalue weighted by molar-refractivity contribution is -0.116. The third-order valence-electron chi connectivity index (χ3n) is 4.85. The fourth-order valence-electron chi connectivity index (χ4n) is 3.09. The lowest BCUT2D eigenvalue weighted by atomic mass is 10.1. The molecule has 3 aromatic rings. The Morgan fingerprint density at radius 2 is 1.50 bits per heavy atom. The largest absolute Gasteiger partial charge is 0.326 e. The Hall–Kier alpha value is -3.33. The Kier molecular flexibility index (Phi) is 8.70. The van der Waals surface area contributed by atoms with Crippen LogP contribution in [-0.2, 0) is 9.59 Å². The zero-order valence-electron chi connectivity index (χ0n) is 18.2. The van der Waals surface area contributed by atoms with Crippen LogP contribution < -0.4 is 10.6 Å². The standard InChI is InChI=1S/C25H22F4N2O2S/c1-2-3-9-20(32)30-16-10-12-17(13-11-16)34-24(15-7-5-4-6-8-15)25(33)31-23-21(28)18(26)14-19(27)22(23)29/h4-8,10-14,24H,2-3,9H2,1H3,(H,30,32)(H,31,33). The molecule has 3 aromatic carbocycles. The maximum atomic E-state index is 14.1. The summed E-state index contributed by atoms with van der Waals surface area (Å²) in [6.07, 6.45) is 2.10. The van der Waals surface area contributed by atoms with Crippen molar-refractivity contribution < 1.29 is 27.2 Å². The van der Waals surface area contributed by atoms with Gasteiger partial charge in [0, 0.05) is 23.1 Å². The number of hydrogen-bond donors (Lipinski definition) is 2. The quantitative estimate of drug-likeness (QED) is 0.196.